The Labute approximate surface area is 151 Å². The second kappa shape index (κ2) is 8.16. The zero-order valence-electron chi connectivity index (χ0n) is 15.3. The summed E-state index contributed by atoms with van der Waals surface area (Å²) in [5.74, 6) is 0. The van der Waals surface area contributed by atoms with Gasteiger partial charge in [-0.1, -0.05) is 31.9 Å². The van der Waals surface area contributed by atoms with E-state index in [2.05, 4.69) is 23.5 Å². The van der Waals surface area contributed by atoms with Crippen LogP contribution in [0.2, 0.25) is 0 Å². The molecule has 0 unspecified atom stereocenters. The first kappa shape index (κ1) is 18.8. The standard InChI is InChI=1S/C19H30N2O3S/c1-3-4-5-6-16-7-9-19(10-8-16)25(22,23)20-17-11-18-14-24-15(2)12-21(18)13-17/h7-10,15,17-18,20H,3-6,11-14H2,1-2H3/t15-,17-,18-/m0/s1. The van der Waals surface area contributed by atoms with E-state index in [1.54, 1.807) is 12.1 Å². The van der Waals surface area contributed by atoms with Crippen LogP contribution in [0.4, 0.5) is 0 Å². The number of aryl methyl sites for hydroxylation is 1. The van der Waals surface area contributed by atoms with Crippen LogP contribution in [0, 0.1) is 0 Å². The van der Waals surface area contributed by atoms with Crippen LogP contribution in [0.5, 0.6) is 0 Å². The van der Waals surface area contributed by atoms with Crippen molar-refractivity contribution in [2.45, 2.75) is 69.0 Å². The molecular formula is C19H30N2O3S. The molecule has 2 aliphatic heterocycles. The lowest BCUT2D eigenvalue weighted by Crippen LogP contribution is -2.45. The van der Waals surface area contributed by atoms with Gasteiger partial charge in [0, 0.05) is 25.2 Å². The van der Waals surface area contributed by atoms with Crippen molar-refractivity contribution in [1.82, 2.24) is 9.62 Å². The Morgan fingerprint density at radius 1 is 1.20 bits per heavy atom. The molecule has 0 saturated carbocycles. The highest BCUT2D eigenvalue weighted by molar-refractivity contribution is 7.89. The van der Waals surface area contributed by atoms with E-state index in [-0.39, 0.29) is 12.1 Å². The Morgan fingerprint density at radius 3 is 2.68 bits per heavy atom. The number of nitrogens with one attached hydrogen (secondary N) is 1. The second-order valence-corrected chi connectivity index (χ2v) is 9.12. The molecule has 2 aliphatic rings. The SMILES string of the molecule is CCCCCc1ccc(S(=O)(=O)N[C@H]2C[C@H]3CO[C@@H](C)CN3C2)cc1. The summed E-state index contributed by atoms with van der Waals surface area (Å²) in [6.45, 7) is 6.60. The van der Waals surface area contributed by atoms with Crippen LogP contribution in [-0.4, -0.2) is 51.2 Å². The van der Waals surface area contributed by atoms with Crippen LogP contribution in [0.3, 0.4) is 0 Å². The number of unbranched alkanes of at least 4 members (excludes halogenated alkanes) is 2. The summed E-state index contributed by atoms with van der Waals surface area (Å²) in [5.41, 5.74) is 1.21. The molecule has 25 heavy (non-hydrogen) atoms. The number of hydrogen-bond donors (Lipinski definition) is 1. The van der Waals surface area contributed by atoms with Crippen molar-refractivity contribution in [3.05, 3.63) is 29.8 Å². The lowest BCUT2D eigenvalue weighted by molar-refractivity contribution is -0.0390. The Morgan fingerprint density at radius 2 is 1.96 bits per heavy atom. The molecular weight excluding hydrogens is 336 g/mol. The quantitative estimate of drug-likeness (QED) is 0.754. The molecule has 6 heteroatoms. The molecule has 140 valence electrons. The van der Waals surface area contributed by atoms with E-state index in [1.807, 2.05) is 12.1 Å². The van der Waals surface area contributed by atoms with E-state index in [4.69, 9.17) is 4.74 Å². The first-order chi connectivity index (χ1) is 12.0. The lowest BCUT2D eigenvalue weighted by Gasteiger charge is -2.33. The van der Waals surface area contributed by atoms with E-state index in [1.165, 1.54) is 18.4 Å². The molecule has 0 aromatic heterocycles. The van der Waals surface area contributed by atoms with Crippen molar-refractivity contribution in [3.63, 3.8) is 0 Å². The van der Waals surface area contributed by atoms with Gasteiger partial charge in [-0.25, -0.2) is 13.1 Å². The Bertz CT molecular complexity index is 660. The highest BCUT2D eigenvalue weighted by Crippen LogP contribution is 2.24. The highest BCUT2D eigenvalue weighted by Gasteiger charge is 2.37. The molecule has 2 fully saturated rings. The largest absolute Gasteiger partial charge is 0.376 e. The molecule has 3 rings (SSSR count). The van der Waals surface area contributed by atoms with Crippen LogP contribution in [0.15, 0.2) is 29.2 Å². The average molecular weight is 367 g/mol. The van der Waals surface area contributed by atoms with Gasteiger partial charge in [-0.15, -0.1) is 0 Å². The molecule has 3 atom stereocenters. The average Bonchev–Trinajstić information content (AvgIpc) is 2.96. The van der Waals surface area contributed by atoms with Crippen molar-refractivity contribution in [2.24, 2.45) is 0 Å². The van der Waals surface area contributed by atoms with Crippen molar-refractivity contribution >= 4 is 10.0 Å². The number of ether oxygens (including phenoxy) is 1. The minimum Gasteiger partial charge on any atom is -0.376 e. The smallest absolute Gasteiger partial charge is 0.240 e. The van der Waals surface area contributed by atoms with Gasteiger partial charge in [-0.3, -0.25) is 4.90 Å². The zero-order chi connectivity index (χ0) is 17.9. The maximum atomic E-state index is 12.7. The van der Waals surface area contributed by atoms with Crippen LogP contribution >= 0.6 is 0 Å². The molecule has 0 bridgehead atoms. The fraction of sp³-hybridized carbons (Fsp3) is 0.684. The van der Waals surface area contributed by atoms with Crippen LogP contribution in [0.25, 0.3) is 0 Å². The predicted molar refractivity (Wildman–Crippen MR) is 99.2 cm³/mol. The van der Waals surface area contributed by atoms with Gasteiger partial charge in [0.15, 0.2) is 0 Å². The number of nitrogens with zero attached hydrogens (tertiary/aromatic N) is 1. The number of fused-ring (bicyclic) bond motifs is 1. The second-order valence-electron chi connectivity index (χ2n) is 7.41. The van der Waals surface area contributed by atoms with Gasteiger partial charge in [0.25, 0.3) is 0 Å². The van der Waals surface area contributed by atoms with Gasteiger partial charge in [0.2, 0.25) is 10.0 Å². The third-order valence-corrected chi connectivity index (χ3v) is 6.75. The fourth-order valence-electron chi connectivity index (χ4n) is 3.83. The Balaban J connectivity index is 1.58. The number of rotatable bonds is 7. The normalized spacial score (nSPS) is 27.4. The zero-order valence-corrected chi connectivity index (χ0v) is 16.1. The van der Waals surface area contributed by atoms with E-state index in [9.17, 15) is 8.42 Å². The minimum atomic E-state index is -3.46. The molecule has 0 radical (unpaired) electrons. The first-order valence-electron chi connectivity index (χ1n) is 9.45. The molecule has 0 spiro atoms. The molecule has 1 aromatic rings. The highest BCUT2D eigenvalue weighted by atomic mass is 32.2. The summed E-state index contributed by atoms with van der Waals surface area (Å²) in [6, 6.07) is 7.65. The molecule has 2 heterocycles. The summed E-state index contributed by atoms with van der Waals surface area (Å²) in [7, 11) is -3.46. The monoisotopic (exact) mass is 366 g/mol. The van der Waals surface area contributed by atoms with Crippen molar-refractivity contribution in [1.29, 1.82) is 0 Å². The van der Waals surface area contributed by atoms with E-state index in [0.717, 1.165) is 32.4 Å². The summed E-state index contributed by atoms with van der Waals surface area (Å²) >= 11 is 0. The topological polar surface area (TPSA) is 58.6 Å². The maximum absolute atomic E-state index is 12.7. The molecule has 5 nitrogen and oxygen atoms in total. The molecule has 0 aliphatic carbocycles. The predicted octanol–water partition coefficient (Wildman–Crippen LogP) is 2.56. The van der Waals surface area contributed by atoms with Crippen LogP contribution < -0.4 is 4.72 Å². The summed E-state index contributed by atoms with van der Waals surface area (Å²) in [4.78, 5) is 2.71. The Kier molecular flexibility index (Phi) is 6.15. The molecule has 0 amide bonds. The van der Waals surface area contributed by atoms with E-state index < -0.39 is 10.0 Å². The summed E-state index contributed by atoms with van der Waals surface area (Å²) in [6.07, 6.45) is 5.62. The fourth-order valence-corrected chi connectivity index (χ4v) is 5.07. The maximum Gasteiger partial charge on any atom is 0.240 e. The van der Waals surface area contributed by atoms with Crippen molar-refractivity contribution in [3.8, 4) is 0 Å². The van der Waals surface area contributed by atoms with Gasteiger partial charge in [-0.05, 0) is 43.9 Å². The molecule has 2 saturated heterocycles. The van der Waals surface area contributed by atoms with E-state index >= 15 is 0 Å². The van der Waals surface area contributed by atoms with E-state index in [0.29, 0.717) is 17.5 Å². The number of morpholine rings is 1. The summed E-state index contributed by atoms with van der Waals surface area (Å²) in [5, 5.41) is 0. The Hall–Kier alpha value is -0.950. The van der Waals surface area contributed by atoms with Crippen molar-refractivity contribution in [2.75, 3.05) is 19.7 Å². The minimum absolute atomic E-state index is 0.0341. The van der Waals surface area contributed by atoms with Gasteiger partial charge < -0.3 is 4.74 Å². The number of sulfonamides is 1. The molecule has 1 aromatic carbocycles. The van der Waals surface area contributed by atoms with Gasteiger partial charge >= 0.3 is 0 Å². The molecule has 1 N–H and O–H groups in total. The van der Waals surface area contributed by atoms with Crippen LogP contribution in [-0.2, 0) is 21.2 Å². The van der Waals surface area contributed by atoms with Gasteiger partial charge in [-0.2, -0.15) is 0 Å². The van der Waals surface area contributed by atoms with Crippen molar-refractivity contribution < 1.29 is 13.2 Å². The van der Waals surface area contributed by atoms with Gasteiger partial charge in [0.1, 0.15) is 0 Å². The van der Waals surface area contributed by atoms with Crippen LogP contribution in [0.1, 0.15) is 45.1 Å². The third-order valence-electron chi connectivity index (χ3n) is 5.22. The lowest BCUT2D eigenvalue weighted by atomic mass is 10.1. The third kappa shape index (κ3) is 4.82. The number of benzene rings is 1. The van der Waals surface area contributed by atoms with Gasteiger partial charge in [0.05, 0.1) is 17.6 Å². The first-order valence-corrected chi connectivity index (χ1v) is 10.9. The number of hydrogen-bond acceptors (Lipinski definition) is 4. The summed E-state index contributed by atoms with van der Waals surface area (Å²) < 4.78 is 33.9.